The molecular formula is C23H22F3N5O3. The van der Waals surface area contributed by atoms with Crippen LogP contribution in [0.1, 0.15) is 19.3 Å². The molecule has 0 aliphatic carbocycles. The molecule has 1 atom stereocenters. The van der Waals surface area contributed by atoms with Crippen LogP contribution in [0, 0.1) is 0 Å². The highest BCUT2D eigenvalue weighted by Crippen LogP contribution is 2.33. The van der Waals surface area contributed by atoms with E-state index in [1.165, 1.54) is 30.6 Å². The molecular weight excluding hydrogens is 451 g/mol. The van der Waals surface area contributed by atoms with Gasteiger partial charge in [0, 0.05) is 23.0 Å². The van der Waals surface area contributed by atoms with Crippen molar-refractivity contribution < 1.29 is 27.4 Å². The third-order valence-corrected chi connectivity index (χ3v) is 4.97. The summed E-state index contributed by atoms with van der Waals surface area (Å²) in [7, 11) is 0. The van der Waals surface area contributed by atoms with E-state index in [0.29, 0.717) is 17.2 Å². The minimum Gasteiger partial charge on any atom is -0.430 e. The average Bonchev–Trinajstić information content (AvgIpc) is 2.80. The topological polar surface area (TPSA) is 97.4 Å². The van der Waals surface area contributed by atoms with Crippen LogP contribution in [0.25, 0.3) is 11.3 Å². The summed E-state index contributed by atoms with van der Waals surface area (Å²) >= 11 is 0. The highest BCUT2D eigenvalue weighted by atomic mass is 19.4. The Labute approximate surface area is 193 Å². The molecule has 0 radical (unpaired) electrons. The molecule has 2 heterocycles. The summed E-state index contributed by atoms with van der Waals surface area (Å²) in [5.74, 6) is 0.0145. The predicted molar refractivity (Wildman–Crippen MR) is 120 cm³/mol. The van der Waals surface area contributed by atoms with Crippen LogP contribution in [0.15, 0.2) is 60.9 Å². The summed E-state index contributed by atoms with van der Waals surface area (Å²) < 4.78 is 47.6. The van der Waals surface area contributed by atoms with E-state index in [2.05, 4.69) is 30.7 Å². The molecule has 0 bridgehead atoms. The van der Waals surface area contributed by atoms with E-state index < -0.39 is 12.5 Å². The number of rotatable bonds is 6. The summed E-state index contributed by atoms with van der Waals surface area (Å²) in [6.07, 6.45) is -1.54. The second-order valence-corrected chi connectivity index (χ2v) is 7.50. The molecule has 2 aromatic carbocycles. The number of alkyl halides is 3. The molecule has 0 saturated carbocycles. The van der Waals surface area contributed by atoms with Gasteiger partial charge < -0.3 is 14.8 Å². The van der Waals surface area contributed by atoms with Crippen LogP contribution in [0.2, 0.25) is 0 Å². The average molecular weight is 473 g/mol. The van der Waals surface area contributed by atoms with Crippen molar-refractivity contribution >= 4 is 23.3 Å². The first-order valence-corrected chi connectivity index (χ1v) is 10.6. The first kappa shape index (κ1) is 23.3. The van der Waals surface area contributed by atoms with Crippen LogP contribution in [-0.2, 0) is 4.74 Å². The second kappa shape index (κ2) is 10.4. The molecule has 0 unspecified atom stereocenters. The van der Waals surface area contributed by atoms with E-state index in [0.717, 1.165) is 25.8 Å². The number of hydrogen-bond donors (Lipinski definition) is 3. The second-order valence-electron chi connectivity index (χ2n) is 7.50. The quantitative estimate of drug-likeness (QED) is 0.439. The lowest BCUT2D eigenvalue weighted by atomic mass is 10.1. The molecule has 3 aromatic rings. The Morgan fingerprint density at radius 1 is 1.03 bits per heavy atom. The summed E-state index contributed by atoms with van der Waals surface area (Å²) in [4.78, 5) is 20.2. The molecule has 34 heavy (non-hydrogen) atoms. The largest absolute Gasteiger partial charge is 0.573 e. The number of halogens is 3. The Kier molecular flexibility index (Phi) is 7.12. The van der Waals surface area contributed by atoms with Gasteiger partial charge in [-0.05, 0) is 62.2 Å². The first-order valence-electron chi connectivity index (χ1n) is 10.6. The number of aromatic nitrogens is 2. The van der Waals surface area contributed by atoms with E-state index in [-0.39, 0.29) is 23.2 Å². The van der Waals surface area contributed by atoms with Crippen LogP contribution in [0.4, 0.5) is 35.2 Å². The highest BCUT2D eigenvalue weighted by molar-refractivity contribution is 5.85. The number of piperidine rings is 1. The molecule has 0 spiro atoms. The van der Waals surface area contributed by atoms with Gasteiger partial charge in [0.1, 0.15) is 17.9 Å². The number of para-hydroxylation sites is 1. The summed E-state index contributed by atoms with van der Waals surface area (Å²) in [5.41, 5.74) is 1.63. The van der Waals surface area contributed by atoms with Crippen molar-refractivity contribution in [3.8, 4) is 17.0 Å². The fourth-order valence-electron chi connectivity index (χ4n) is 3.45. The van der Waals surface area contributed by atoms with Gasteiger partial charge in [0.05, 0.1) is 5.69 Å². The molecule has 1 saturated heterocycles. The van der Waals surface area contributed by atoms with Crippen LogP contribution < -0.4 is 20.7 Å². The normalized spacial score (nSPS) is 15.9. The number of hydrogen-bond acceptors (Lipinski definition) is 7. The number of benzene rings is 2. The van der Waals surface area contributed by atoms with E-state index in [1.54, 1.807) is 30.3 Å². The Morgan fingerprint density at radius 2 is 1.79 bits per heavy atom. The van der Waals surface area contributed by atoms with Gasteiger partial charge >= 0.3 is 12.5 Å². The van der Waals surface area contributed by atoms with Crippen LogP contribution in [0.3, 0.4) is 0 Å². The molecule has 4 rings (SSSR count). The third kappa shape index (κ3) is 6.58. The smallest absolute Gasteiger partial charge is 0.430 e. The van der Waals surface area contributed by atoms with Gasteiger partial charge in [0.25, 0.3) is 0 Å². The van der Waals surface area contributed by atoms with Gasteiger partial charge in [-0.1, -0.05) is 12.1 Å². The molecule has 1 aliphatic rings. The van der Waals surface area contributed by atoms with Crippen LogP contribution in [0.5, 0.6) is 5.75 Å². The number of nitrogens with one attached hydrogen (secondary N) is 3. The van der Waals surface area contributed by atoms with Crippen molar-refractivity contribution in [2.45, 2.75) is 31.9 Å². The zero-order chi connectivity index (χ0) is 24.0. The Balaban J connectivity index is 1.40. The van der Waals surface area contributed by atoms with Crippen molar-refractivity contribution in [3.63, 3.8) is 0 Å². The lowest BCUT2D eigenvalue weighted by Crippen LogP contribution is -2.38. The maximum absolute atomic E-state index is 12.7. The zero-order valence-electron chi connectivity index (χ0n) is 17.9. The lowest BCUT2D eigenvalue weighted by Gasteiger charge is -2.23. The lowest BCUT2D eigenvalue weighted by molar-refractivity contribution is -0.274. The van der Waals surface area contributed by atoms with E-state index in [4.69, 9.17) is 4.74 Å². The van der Waals surface area contributed by atoms with Crippen LogP contribution >= 0.6 is 0 Å². The van der Waals surface area contributed by atoms with Crippen molar-refractivity contribution in [2.75, 3.05) is 17.2 Å². The number of amides is 1. The fourth-order valence-corrected chi connectivity index (χ4v) is 3.45. The SMILES string of the molecule is O=C(Nc1ccc(Nc2cc(-c3ccccc3OC(F)(F)F)ncn2)cc1)O[C@H]1CCCCN1. The Morgan fingerprint density at radius 3 is 2.53 bits per heavy atom. The number of ether oxygens (including phenoxy) is 2. The molecule has 3 N–H and O–H groups in total. The number of carbonyl (C=O) groups excluding carboxylic acids is 1. The van der Waals surface area contributed by atoms with Crippen molar-refractivity contribution in [1.82, 2.24) is 15.3 Å². The Hall–Kier alpha value is -3.86. The predicted octanol–water partition coefficient (Wildman–Crippen LogP) is 5.43. The van der Waals surface area contributed by atoms with Crippen LogP contribution in [-0.4, -0.2) is 35.2 Å². The van der Waals surface area contributed by atoms with Gasteiger partial charge in [-0.15, -0.1) is 13.2 Å². The highest BCUT2D eigenvalue weighted by Gasteiger charge is 2.32. The van der Waals surface area contributed by atoms with Crippen molar-refractivity contribution in [3.05, 3.63) is 60.9 Å². The number of anilines is 3. The molecule has 8 nitrogen and oxygen atoms in total. The molecule has 1 aromatic heterocycles. The summed E-state index contributed by atoms with van der Waals surface area (Å²) in [5, 5.41) is 8.87. The summed E-state index contributed by atoms with van der Waals surface area (Å²) in [6.45, 7) is 0.823. The van der Waals surface area contributed by atoms with E-state index in [1.807, 2.05) is 0 Å². The standard InChI is InChI=1S/C23H22F3N5O3/c24-23(25,26)34-19-6-2-1-5-17(19)18-13-20(29-14-28-18)30-15-8-10-16(11-9-15)31-22(32)33-21-7-3-4-12-27-21/h1-2,5-6,8-11,13-14,21,27H,3-4,7,12H2,(H,31,32)(H,28,29,30)/t21-/m0/s1. The third-order valence-electron chi connectivity index (χ3n) is 4.97. The fraction of sp³-hybridized carbons (Fsp3) is 0.261. The molecule has 178 valence electrons. The Bertz CT molecular complexity index is 1120. The zero-order valence-corrected chi connectivity index (χ0v) is 17.9. The van der Waals surface area contributed by atoms with Gasteiger partial charge in [0.2, 0.25) is 0 Å². The maximum Gasteiger partial charge on any atom is 0.573 e. The first-order chi connectivity index (χ1) is 16.4. The number of carbonyl (C=O) groups is 1. The van der Waals surface area contributed by atoms with E-state index >= 15 is 0 Å². The minimum absolute atomic E-state index is 0.177. The molecule has 11 heteroatoms. The molecule has 1 aliphatic heterocycles. The van der Waals surface area contributed by atoms with Gasteiger partial charge in [-0.25, -0.2) is 14.8 Å². The van der Waals surface area contributed by atoms with E-state index in [9.17, 15) is 18.0 Å². The summed E-state index contributed by atoms with van der Waals surface area (Å²) in [6, 6.07) is 14.1. The monoisotopic (exact) mass is 473 g/mol. The minimum atomic E-state index is -4.82. The molecule has 1 amide bonds. The maximum atomic E-state index is 12.7. The van der Waals surface area contributed by atoms with Gasteiger partial charge in [-0.2, -0.15) is 0 Å². The van der Waals surface area contributed by atoms with Crippen molar-refractivity contribution in [1.29, 1.82) is 0 Å². The van der Waals surface area contributed by atoms with Gasteiger partial charge in [-0.3, -0.25) is 10.6 Å². The van der Waals surface area contributed by atoms with Gasteiger partial charge in [0.15, 0.2) is 6.23 Å². The van der Waals surface area contributed by atoms with Crippen molar-refractivity contribution in [2.24, 2.45) is 0 Å². The number of nitrogens with zero attached hydrogens (tertiary/aromatic N) is 2. The molecule has 1 fully saturated rings.